The number of Topliss-reactive ketones (excluding diaryl/α,β-unsaturated/α-hetero) is 1. The molecule has 1 aliphatic rings. The van der Waals surface area contributed by atoms with Crippen LogP contribution < -0.4 is 5.32 Å². The lowest BCUT2D eigenvalue weighted by atomic mass is 10.1. The van der Waals surface area contributed by atoms with E-state index in [2.05, 4.69) is 5.32 Å². The number of rotatable bonds is 6. The average Bonchev–Trinajstić information content (AvgIpc) is 3.45. The van der Waals surface area contributed by atoms with E-state index in [4.69, 9.17) is 0 Å². The summed E-state index contributed by atoms with van der Waals surface area (Å²) in [6, 6.07) is 17.6. The van der Waals surface area contributed by atoms with E-state index in [0.29, 0.717) is 0 Å². The number of hydrogen-bond donors (Lipinski definition) is 1. The van der Waals surface area contributed by atoms with Crippen LogP contribution in [-0.4, -0.2) is 16.3 Å². The third-order valence-corrected chi connectivity index (χ3v) is 4.99. The van der Waals surface area contributed by atoms with Gasteiger partial charge < -0.3 is 9.88 Å². The zero-order chi connectivity index (χ0) is 18.1. The van der Waals surface area contributed by atoms with Crippen molar-refractivity contribution < 1.29 is 9.59 Å². The van der Waals surface area contributed by atoms with Crippen molar-refractivity contribution in [2.45, 2.75) is 32.4 Å². The lowest BCUT2D eigenvalue weighted by molar-refractivity contribution is -0.122. The number of ketones is 1. The molecule has 0 spiro atoms. The van der Waals surface area contributed by atoms with Gasteiger partial charge in [-0.25, -0.2) is 0 Å². The van der Waals surface area contributed by atoms with E-state index in [9.17, 15) is 9.59 Å². The Balaban J connectivity index is 1.55. The van der Waals surface area contributed by atoms with E-state index in [1.54, 1.807) is 0 Å². The third-order valence-electron chi connectivity index (χ3n) is 4.99. The number of benzene rings is 2. The van der Waals surface area contributed by atoms with Crippen molar-refractivity contribution in [1.82, 2.24) is 9.88 Å². The summed E-state index contributed by atoms with van der Waals surface area (Å²) in [5, 5.41) is 3.98. The summed E-state index contributed by atoms with van der Waals surface area (Å²) in [7, 11) is 0. The zero-order valence-corrected chi connectivity index (χ0v) is 14.8. The van der Waals surface area contributed by atoms with E-state index in [1.807, 2.05) is 72.3 Å². The second kappa shape index (κ2) is 6.79. The molecule has 1 atom stereocenters. The van der Waals surface area contributed by atoms with Gasteiger partial charge in [0.2, 0.25) is 5.91 Å². The smallest absolute Gasteiger partial charge is 0.240 e. The number of nitrogens with one attached hydrogen (secondary N) is 1. The quantitative estimate of drug-likeness (QED) is 0.683. The SMILES string of the molecule is C[C@@H](NC(=O)Cn1cc(C(=O)C2CC2)c2ccccc21)c1ccccc1. The second-order valence-electron chi connectivity index (χ2n) is 7.03. The molecule has 1 amide bonds. The fourth-order valence-corrected chi connectivity index (χ4v) is 3.41. The van der Waals surface area contributed by atoms with Gasteiger partial charge in [0.15, 0.2) is 5.78 Å². The molecule has 4 rings (SSSR count). The van der Waals surface area contributed by atoms with Crippen molar-refractivity contribution in [1.29, 1.82) is 0 Å². The van der Waals surface area contributed by atoms with E-state index in [-0.39, 0.29) is 30.2 Å². The zero-order valence-electron chi connectivity index (χ0n) is 14.8. The highest BCUT2D eigenvalue weighted by Gasteiger charge is 2.32. The van der Waals surface area contributed by atoms with Crippen LogP contribution in [0.2, 0.25) is 0 Å². The first-order valence-electron chi connectivity index (χ1n) is 9.10. The number of aromatic nitrogens is 1. The molecule has 1 N–H and O–H groups in total. The molecule has 1 saturated carbocycles. The molecular weight excluding hydrogens is 324 g/mol. The highest BCUT2D eigenvalue weighted by atomic mass is 16.2. The fourth-order valence-electron chi connectivity index (χ4n) is 3.41. The van der Waals surface area contributed by atoms with Crippen molar-refractivity contribution in [2.24, 2.45) is 5.92 Å². The van der Waals surface area contributed by atoms with Gasteiger partial charge in [-0.3, -0.25) is 9.59 Å². The molecule has 0 unspecified atom stereocenters. The van der Waals surface area contributed by atoms with Crippen molar-refractivity contribution in [3.05, 3.63) is 71.9 Å². The highest BCUT2D eigenvalue weighted by Crippen LogP contribution is 2.35. The van der Waals surface area contributed by atoms with E-state index in [0.717, 1.165) is 34.9 Å². The number of para-hydroxylation sites is 1. The van der Waals surface area contributed by atoms with Gasteiger partial charge in [-0.15, -0.1) is 0 Å². The number of nitrogens with zero attached hydrogens (tertiary/aromatic N) is 1. The number of carbonyl (C=O) groups is 2. The van der Waals surface area contributed by atoms with Crippen molar-refractivity contribution >= 4 is 22.6 Å². The van der Waals surface area contributed by atoms with Crippen molar-refractivity contribution in [3.8, 4) is 0 Å². The lowest BCUT2D eigenvalue weighted by Gasteiger charge is -2.15. The number of amides is 1. The maximum absolute atomic E-state index is 12.6. The first-order valence-corrected chi connectivity index (χ1v) is 9.10. The van der Waals surface area contributed by atoms with Crippen LogP contribution >= 0.6 is 0 Å². The fraction of sp³-hybridized carbons (Fsp3) is 0.273. The molecule has 132 valence electrons. The third kappa shape index (κ3) is 3.27. The molecule has 26 heavy (non-hydrogen) atoms. The summed E-state index contributed by atoms with van der Waals surface area (Å²) >= 11 is 0. The van der Waals surface area contributed by atoms with Crippen LogP contribution in [0.1, 0.15) is 41.7 Å². The summed E-state index contributed by atoms with van der Waals surface area (Å²) < 4.78 is 1.89. The minimum absolute atomic E-state index is 0.0573. The van der Waals surface area contributed by atoms with Gasteiger partial charge in [0.1, 0.15) is 6.54 Å². The topological polar surface area (TPSA) is 51.1 Å². The molecule has 0 bridgehead atoms. The number of carbonyl (C=O) groups excluding carboxylic acids is 2. The second-order valence-corrected chi connectivity index (χ2v) is 7.03. The normalized spacial score (nSPS) is 15.0. The van der Waals surface area contributed by atoms with Crippen LogP contribution in [0, 0.1) is 5.92 Å². The van der Waals surface area contributed by atoms with Crippen LogP contribution in [-0.2, 0) is 11.3 Å². The Bertz CT molecular complexity index is 955. The average molecular weight is 346 g/mol. The molecule has 1 fully saturated rings. The Morgan fingerprint density at radius 1 is 1.08 bits per heavy atom. The van der Waals surface area contributed by atoms with Crippen LogP contribution in [0.3, 0.4) is 0 Å². The predicted octanol–water partition coefficient (Wildman–Crippen LogP) is 4.11. The monoisotopic (exact) mass is 346 g/mol. The van der Waals surface area contributed by atoms with E-state index in [1.165, 1.54) is 0 Å². The maximum Gasteiger partial charge on any atom is 0.240 e. The molecule has 4 heteroatoms. The lowest BCUT2D eigenvalue weighted by Crippen LogP contribution is -2.29. The molecular formula is C22H22N2O2. The van der Waals surface area contributed by atoms with Gasteiger partial charge in [-0.1, -0.05) is 48.5 Å². The standard InChI is InChI=1S/C22H22N2O2/c1-15(16-7-3-2-4-8-16)23-21(25)14-24-13-19(22(26)17-11-12-17)18-9-5-6-10-20(18)24/h2-10,13,15,17H,11-12,14H2,1H3,(H,23,25)/t15-/m1/s1. The molecule has 2 aromatic carbocycles. The summed E-state index contributed by atoms with van der Waals surface area (Å²) in [4.78, 5) is 25.1. The summed E-state index contributed by atoms with van der Waals surface area (Å²) in [6.07, 6.45) is 3.80. The molecule has 0 radical (unpaired) electrons. The van der Waals surface area contributed by atoms with Crippen LogP contribution in [0.5, 0.6) is 0 Å². The molecule has 1 aliphatic carbocycles. The minimum atomic E-state index is -0.0625. The molecule has 4 nitrogen and oxygen atoms in total. The molecule has 1 aromatic heterocycles. The first-order chi connectivity index (χ1) is 12.6. The van der Waals surface area contributed by atoms with E-state index < -0.39 is 0 Å². The Morgan fingerprint density at radius 2 is 1.77 bits per heavy atom. The predicted molar refractivity (Wildman–Crippen MR) is 102 cm³/mol. The van der Waals surface area contributed by atoms with Gasteiger partial charge in [-0.2, -0.15) is 0 Å². The minimum Gasteiger partial charge on any atom is -0.348 e. The van der Waals surface area contributed by atoms with E-state index >= 15 is 0 Å². The molecule has 0 aliphatic heterocycles. The van der Waals surface area contributed by atoms with Crippen LogP contribution in [0.15, 0.2) is 60.8 Å². The Hall–Kier alpha value is -2.88. The van der Waals surface area contributed by atoms with Crippen molar-refractivity contribution in [3.63, 3.8) is 0 Å². The van der Waals surface area contributed by atoms with Gasteiger partial charge in [0.25, 0.3) is 0 Å². The Labute approximate surface area is 152 Å². The number of fused-ring (bicyclic) bond motifs is 1. The van der Waals surface area contributed by atoms with Gasteiger partial charge in [-0.05, 0) is 31.4 Å². The highest BCUT2D eigenvalue weighted by molar-refractivity contribution is 6.10. The van der Waals surface area contributed by atoms with Gasteiger partial charge in [0, 0.05) is 28.6 Å². The van der Waals surface area contributed by atoms with Crippen LogP contribution in [0.25, 0.3) is 10.9 Å². The first kappa shape index (κ1) is 16.6. The van der Waals surface area contributed by atoms with Crippen molar-refractivity contribution in [2.75, 3.05) is 0 Å². The number of hydrogen-bond acceptors (Lipinski definition) is 2. The summed E-state index contributed by atoms with van der Waals surface area (Å²) in [5.41, 5.74) is 2.74. The summed E-state index contributed by atoms with van der Waals surface area (Å²) in [5.74, 6) is 0.312. The Kier molecular flexibility index (Phi) is 4.33. The molecule has 0 saturated heterocycles. The van der Waals surface area contributed by atoms with Gasteiger partial charge in [0.05, 0.1) is 6.04 Å². The molecule has 1 heterocycles. The largest absolute Gasteiger partial charge is 0.348 e. The maximum atomic E-state index is 12.6. The summed E-state index contributed by atoms with van der Waals surface area (Å²) in [6.45, 7) is 2.18. The van der Waals surface area contributed by atoms with Crippen LogP contribution in [0.4, 0.5) is 0 Å². The van der Waals surface area contributed by atoms with Gasteiger partial charge >= 0.3 is 0 Å². The molecule has 3 aromatic rings. The Morgan fingerprint density at radius 3 is 2.50 bits per heavy atom.